The zero-order valence-electron chi connectivity index (χ0n) is 20.3. The van der Waals surface area contributed by atoms with Crippen LogP contribution in [-0.2, 0) is 4.79 Å². The van der Waals surface area contributed by atoms with E-state index in [2.05, 4.69) is 34.7 Å². The molecule has 0 radical (unpaired) electrons. The van der Waals surface area contributed by atoms with Crippen molar-refractivity contribution in [2.45, 2.75) is 19.9 Å². The summed E-state index contributed by atoms with van der Waals surface area (Å²) in [7, 11) is 0. The van der Waals surface area contributed by atoms with E-state index in [9.17, 15) is 19.8 Å². The predicted molar refractivity (Wildman–Crippen MR) is 146 cm³/mol. The molecule has 8 heteroatoms. The van der Waals surface area contributed by atoms with Crippen LogP contribution in [-0.4, -0.2) is 35.0 Å². The van der Waals surface area contributed by atoms with E-state index >= 15 is 0 Å². The number of halogens is 1. The summed E-state index contributed by atoms with van der Waals surface area (Å²) >= 11 is 3.41. The Morgan fingerprint density at radius 1 is 0.973 bits per heavy atom. The Hall–Kier alpha value is -4.04. The maximum absolute atomic E-state index is 13.7. The van der Waals surface area contributed by atoms with Crippen LogP contribution in [0.4, 0.5) is 11.4 Å². The van der Waals surface area contributed by atoms with Crippen LogP contribution in [0.15, 0.2) is 93.0 Å². The molecule has 0 fully saturated rings. The van der Waals surface area contributed by atoms with Gasteiger partial charge in [-0.3, -0.25) is 14.5 Å². The fraction of sp³-hybridized carbons (Fsp3) is 0.172. The van der Waals surface area contributed by atoms with Gasteiger partial charge in [-0.15, -0.1) is 0 Å². The van der Waals surface area contributed by atoms with Crippen molar-refractivity contribution in [1.29, 1.82) is 0 Å². The van der Waals surface area contributed by atoms with E-state index < -0.39 is 23.5 Å². The van der Waals surface area contributed by atoms with Crippen molar-refractivity contribution in [3.63, 3.8) is 0 Å². The van der Waals surface area contributed by atoms with Gasteiger partial charge in [0.1, 0.15) is 11.3 Å². The van der Waals surface area contributed by atoms with Crippen molar-refractivity contribution >= 4 is 50.0 Å². The van der Waals surface area contributed by atoms with E-state index in [1.807, 2.05) is 18.2 Å². The van der Waals surface area contributed by atoms with Crippen LogP contribution in [0.3, 0.4) is 0 Å². The minimum Gasteiger partial charge on any atom is -0.508 e. The molecule has 0 aliphatic carbocycles. The molecule has 1 unspecified atom stereocenters. The van der Waals surface area contributed by atoms with Crippen molar-refractivity contribution in [2.75, 3.05) is 22.9 Å². The zero-order chi connectivity index (χ0) is 26.3. The number of carbonyl (C=O) groups is 2. The lowest BCUT2D eigenvalue weighted by Crippen LogP contribution is -2.31. The van der Waals surface area contributed by atoms with E-state index in [4.69, 9.17) is 4.42 Å². The van der Waals surface area contributed by atoms with E-state index in [0.717, 1.165) is 23.2 Å². The third-order valence-corrected chi connectivity index (χ3v) is 7.11. The van der Waals surface area contributed by atoms with Crippen molar-refractivity contribution in [1.82, 2.24) is 0 Å². The van der Waals surface area contributed by atoms with Crippen LogP contribution in [0.25, 0.3) is 11.0 Å². The number of anilines is 2. The standard InChI is InChI=1S/C29H25BrN2O5/c1-3-31(4-2)20-8-10-21(11-9-20)32-26(17-5-12-22(33)13-6-17)25(28(35)29(32)36)27(34)24-16-18-15-19(30)7-14-23(18)37-24/h5-16,26,33,35H,3-4H2,1-2H3. The number of phenolic OH excluding ortho intramolecular Hbond substituents is 1. The minimum atomic E-state index is -0.917. The number of hydrogen-bond acceptors (Lipinski definition) is 6. The second-order valence-corrected chi connectivity index (χ2v) is 9.66. The Labute approximate surface area is 222 Å². The number of fused-ring (bicyclic) bond motifs is 1. The average molecular weight is 561 g/mol. The summed E-state index contributed by atoms with van der Waals surface area (Å²) in [5, 5.41) is 21.6. The van der Waals surface area contributed by atoms with Crippen molar-refractivity contribution < 1.29 is 24.2 Å². The average Bonchev–Trinajstić information content (AvgIpc) is 3.44. The first-order chi connectivity index (χ1) is 17.8. The van der Waals surface area contributed by atoms with E-state index in [-0.39, 0.29) is 17.1 Å². The first-order valence-electron chi connectivity index (χ1n) is 12.0. The quantitative estimate of drug-likeness (QED) is 0.249. The highest BCUT2D eigenvalue weighted by molar-refractivity contribution is 9.10. The molecule has 188 valence electrons. The topological polar surface area (TPSA) is 94.2 Å². The number of nitrogens with zero attached hydrogens (tertiary/aromatic N) is 2. The van der Waals surface area contributed by atoms with Crippen molar-refractivity contribution in [2.24, 2.45) is 0 Å². The van der Waals surface area contributed by atoms with Crippen LogP contribution >= 0.6 is 15.9 Å². The van der Waals surface area contributed by atoms with Gasteiger partial charge in [-0.2, -0.15) is 0 Å². The lowest BCUT2D eigenvalue weighted by molar-refractivity contribution is -0.117. The Kier molecular flexibility index (Phi) is 6.52. The molecule has 3 aromatic carbocycles. The summed E-state index contributed by atoms with van der Waals surface area (Å²) < 4.78 is 6.63. The van der Waals surface area contributed by atoms with Gasteiger partial charge in [0.15, 0.2) is 11.5 Å². The van der Waals surface area contributed by atoms with Gasteiger partial charge in [0, 0.05) is 34.3 Å². The largest absolute Gasteiger partial charge is 0.508 e. The summed E-state index contributed by atoms with van der Waals surface area (Å²) in [6.07, 6.45) is 0. The molecule has 0 bridgehead atoms. The lowest BCUT2D eigenvalue weighted by atomic mass is 9.94. The van der Waals surface area contributed by atoms with Crippen LogP contribution < -0.4 is 9.80 Å². The number of aromatic hydroxyl groups is 1. The van der Waals surface area contributed by atoms with Gasteiger partial charge in [0.2, 0.25) is 5.78 Å². The van der Waals surface area contributed by atoms with Gasteiger partial charge in [0.25, 0.3) is 5.91 Å². The molecule has 2 N–H and O–H groups in total. The van der Waals surface area contributed by atoms with E-state index in [0.29, 0.717) is 22.2 Å². The second kappa shape index (κ2) is 9.78. The number of hydrogen-bond donors (Lipinski definition) is 2. The maximum Gasteiger partial charge on any atom is 0.294 e. The number of Topliss-reactive ketones (excluding diaryl/α,β-unsaturated/α-hetero) is 1. The van der Waals surface area contributed by atoms with Crippen LogP contribution in [0.5, 0.6) is 5.75 Å². The second-order valence-electron chi connectivity index (χ2n) is 8.74. The third kappa shape index (κ3) is 4.38. The first kappa shape index (κ1) is 24.6. The molecule has 1 aromatic heterocycles. The van der Waals surface area contributed by atoms with Crippen LogP contribution in [0.2, 0.25) is 0 Å². The van der Waals surface area contributed by atoms with Crippen LogP contribution in [0, 0.1) is 0 Å². The Morgan fingerprint density at radius 2 is 1.65 bits per heavy atom. The molecule has 1 aliphatic heterocycles. The van der Waals surface area contributed by atoms with Crippen molar-refractivity contribution in [3.05, 3.63) is 99.9 Å². The summed E-state index contributed by atoms with van der Waals surface area (Å²) in [6, 6.07) is 19.7. The predicted octanol–water partition coefficient (Wildman–Crippen LogP) is 6.53. The highest BCUT2D eigenvalue weighted by Gasteiger charge is 2.45. The molecule has 5 rings (SSSR count). The number of carbonyl (C=O) groups excluding carboxylic acids is 2. The molecule has 1 amide bonds. The molecule has 0 saturated carbocycles. The molecular formula is C29H25BrN2O5. The Balaban J connectivity index is 1.60. The number of aliphatic hydroxyl groups excluding tert-OH is 1. The number of aliphatic hydroxyl groups is 1. The van der Waals surface area contributed by atoms with Gasteiger partial charge in [0.05, 0.1) is 11.6 Å². The molecule has 1 atom stereocenters. The van der Waals surface area contributed by atoms with Gasteiger partial charge < -0.3 is 19.5 Å². The first-order valence-corrected chi connectivity index (χ1v) is 12.8. The monoisotopic (exact) mass is 560 g/mol. The number of phenols is 1. The Morgan fingerprint density at radius 3 is 2.30 bits per heavy atom. The number of amides is 1. The summed E-state index contributed by atoms with van der Waals surface area (Å²) in [5.74, 6) is -1.83. The van der Waals surface area contributed by atoms with Crippen LogP contribution in [0.1, 0.15) is 36.0 Å². The SMILES string of the molecule is CCN(CC)c1ccc(N2C(=O)C(O)=C(C(=O)c3cc4cc(Br)ccc4o3)C2c2ccc(O)cc2)cc1. The molecule has 37 heavy (non-hydrogen) atoms. The Bertz CT molecular complexity index is 1520. The normalized spacial score (nSPS) is 15.6. The highest BCUT2D eigenvalue weighted by Crippen LogP contribution is 2.43. The minimum absolute atomic E-state index is 0.0185. The van der Waals surface area contributed by atoms with Gasteiger partial charge in [-0.25, -0.2) is 0 Å². The van der Waals surface area contributed by atoms with E-state index in [1.54, 1.807) is 42.5 Å². The lowest BCUT2D eigenvalue weighted by Gasteiger charge is -2.28. The highest BCUT2D eigenvalue weighted by atomic mass is 79.9. The molecular weight excluding hydrogens is 536 g/mol. The molecule has 7 nitrogen and oxygen atoms in total. The third-order valence-electron chi connectivity index (χ3n) is 6.62. The summed E-state index contributed by atoms with van der Waals surface area (Å²) in [5.41, 5.74) is 2.53. The molecule has 2 heterocycles. The number of benzene rings is 3. The van der Waals surface area contributed by atoms with Gasteiger partial charge in [-0.05, 0) is 80.1 Å². The van der Waals surface area contributed by atoms with E-state index in [1.165, 1.54) is 17.0 Å². The fourth-order valence-corrected chi connectivity index (χ4v) is 5.13. The van der Waals surface area contributed by atoms with Gasteiger partial charge in [-0.1, -0.05) is 28.1 Å². The molecule has 0 saturated heterocycles. The summed E-state index contributed by atoms with van der Waals surface area (Å²) in [4.78, 5) is 30.7. The summed E-state index contributed by atoms with van der Waals surface area (Å²) in [6.45, 7) is 5.81. The number of furan rings is 1. The van der Waals surface area contributed by atoms with Gasteiger partial charge >= 0.3 is 0 Å². The maximum atomic E-state index is 13.7. The van der Waals surface area contributed by atoms with Crippen molar-refractivity contribution in [3.8, 4) is 5.75 Å². The molecule has 4 aromatic rings. The number of ketones is 1. The molecule has 1 aliphatic rings. The molecule has 0 spiro atoms. The smallest absolute Gasteiger partial charge is 0.294 e. The zero-order valence-corrected chi connectivity index (χ0v) is 21.9. The number of rotatable bonds is 7. The fourth-order valence-electron chi connectivity index (χ4n) is 4.75.